The normalized spacial score (nSPS) is 12.6. The molecule has 2 rings (SSSR count). The van der Waals surface area contributed by atoms with Gasteiger partial charge in [0.15, 0.2) is 0 Å². The second kappa shape index (κ2) is 4.47. The van der Waals surface area contributed by atoms with E-state index in [1.165, 1.54) is 0 Å². The van der Waals surface area contributed by atoms with E-state index >= 15 is 0 Å². The van der Waals surface area contributed by atoms with Crippen molar-refractivity contribution < 1.29 is 9.53 Å². The fourth-order valence-corrected chi connectivity index (χ4v) is 1.83. The van der Waals surface area contributed by atoms with Crippen LogP contribution in [0, 0.1) is 0 Å². The van der Waals surface area contributed by atoms with E-state index in [2.05, 4.69) is 0 Å². The summed E-state index contributed by atoms with van der Waals surface area (Å²) in [5.41, 5.74) is 11.8. The van der Waals surface area contributed by atoms with Gasteiger partial charge in [0.05, 0.1) is 12.6 Å². The number of hydrogen-bond acceptors (Lipinski definition) is 3. The molecule has 0 radical (unpaired) electrons. The van der Waals surface area contributed by atoms with Gasteiger partial charge < -0.3 is 20.8 Å². The first kappa shape index (κ1) is 11.5. The molecular formula is C12H15N3O2. The van der Waals surface area contributed by atoms with E-state index in [0.29, 0.717) is 6.54 Å². The summed E-state index contributed by atoms with van der Waals surface area (Å²) in [4.78, 5) is 10.9. The predicted octanol–water partition coefficient (Wildman–Crippen LogP) is 0.462. The molecule has 1 aromatic heterocycles. The summed E-state index contributed by atoms with van der Waals surface area (Å²) in [7, 11) is 1.63. The summed E-state index contributed by atoms with van der Waals surface area (Å²) in [5, 5.41) is 0.992. The molecule has 0 aliphatic carbocycles. The molecule has 0 spiro atoms. The van der Waals surface area contributed by atoms with Crippen molar-refractivity contribution in [2.45, 2.75) is 12.6 Å². The van der Waals surface area contributed by atoms with Gasteiger partial charge in [0.1, 0.15) is 11.8 Å². The van der Waals surface area contributed by atoms with Crippen LogP contribution in [-0.4, -0.2) is 23.6 Å². The van der Waals surface area contributed by atoms with Crippen LogP contribution in [0.5, 0.6) is 5.75 Å². The highest BCUT2D eigenvalue weighted by Crippen LogP contribution is 2.26. The lowest BCUT2D eigenvalue weighted by Gasteiger charge is -2.10. The number of carbonyl (C=O) groups is 1. The summed E-state index contributed by atoms with van der Waals surface area (Å²) in [6, 6.07) is 6.98. The van der Waals surface area contributed by atoms with E-state index in [-0.39, 0.29) is 0 Å². The summed E-state index contributed by atoms with van der Waals surface area (Å²) in [6.07, 6.45) is 1.87. The third-order valence-electron chi connectivity index (χ3n) is 2.75. The van der Waals surface area contributed by atoms with Crippen molar-refractivity contribution in [2.75, 3.05) is 7.11 Å². The summed E-state index contributed by atoms with van der Waals surface area (Å²) in [5.74, 6) is 0.295. The van der Waals surface area contributed by atoms with Crippen LogP contribution in [0.4, 0.5) is 0 Å². The quantitative estimate of drug-likeness (QED) is 0.804. The van der Waals surface area contributed by atoms with Gasteiger partial charge in [-0.1, -0.05) is 6.07 Å². The highest BCUT2D eigenvalue weighted by molar-refractivity contribution is 5.87. The van der Waals surface area contributed by atoms with Gasteiger partial charge in [0.25, 0.3) is 0 Å². The number of carbonyl (C=O) groups excluding carboxylic acids is 1. The Kier molecular flexibility index (Phi) is 3.01. The van der Waals surface area contributed by atoms with Crippen molar-refractivity contribution >= 4 is 16.8 Å². The molecule has 0 saturated carbocycles. The minimum atomic E-state index is -0.684. The number of fused-ring (bicyclic) bond motifs is 1. The molecule has 0 aliphatic rings. The zero-order chi connectivity index (χ0) is 12.4. The summed E-state index contributed by atoms with van der Waals surface area (Å²) >= 11 is 0. The van der Waals surface area contributed by atoms with E-state index < -0.39 is 11.9 Å². The molecule has 1 aromatic carbocycles. The van der Waals surface area contributed by atoms with Gasteiger partial charge in [0.2, 0.25) is 5.91 Å². The lowest BCUT2D eigenvalue weighted by molar-refractivity contribution is -0.119. The Bertz CT molecular complexity index is 548. The Morgan fingerprint density at radius 1 is 1.47 bits per heavy atom. The molecular weight excluding hydrogens is 218 g/mol. The van der Waals surface area contributed by atoms with E-state index in [9.17, 15) is 4.79 Å². The van der Waals surface area contributed by atoms with Gasteiger partial charge in [0, 0.05) is 18.1 Å². The van der Waals surface area contributed by atoms with E-state index in [4.69, 9.17) is 16.2 Å². The number of aromatic nitrogens is 1. The maximum absolute atomic E-state index is 10.9. The van der Waals surface area contributed by atoms with Gasteiger partial charge in [-0.05, 0) is 18.2 Å². The molecule has 1 atom stereocenters. The largest absolute Gasteiger partial charge is 0.496 e. The Balaban J connectivity index is 2.40. The fraction of sp³-hybridized carbons (Fsp3) is 0.250. The number of hydrogen-bond donors (Lipinski definition) is 2. The Morgan fingerprint density at radius 2 is 2.24 bits per heavy atom. The Labute approximate surface area is 98.9 Å². The van der Waals surface area contributed by atoms with Gasteiger partial charge in [-0.15, -0.1) is 0 Å². The average Bonchev–Trinajstić information content (AvgIpc) is 2.72. The van der Waals surface area contributed by atoms with Crippen molar-refractivity contribution in [2.24, 2.45) is 11.5 Å². The molecule has 2 aromatic rings. The topological polar surface area (TPSA) is 83.3 Å². The van der Waals surface area contributed by atoms with Crippen LogP contribution in [0.25, 0.3) is 10.9 Å². The van der Waals surface area contributed by atoms with Crippen molar-refractivity contribution in [3.63, 3.8) is 0 Å². The molecule has 0 saturated heterocycles. The maximum Gasteiger partial charge on any atom is 0.236 e. The van der Waals surface area contributed by atoms with Crippen LogP contribution >= 0.6 is 0 Å². The second-order valence-corrected chi connectivity index (χ2v) is 3.87. The van der Waals surface area contributed by atoms with Crippen LogP contribution in [-0.2, 0) is 11.3 Å². The predicted molar refractivity (Wildman–Crippen MR) is 65.7 cm³/mol. The zero-order valence-corrected chi connectivity index (χ0v) is 9.59. The Hall–Kier alpha value is -2.01. The zero-order valence-electron chi connectivity index (χ0n) is 9.59. The number of benzene rings is 1. The number of ether oxygens (including phenoxy) is 1. The first-order valence-electron chi connectivity index (χ1n) is 5.30. The van der Waals surface area contributed by atoms with Crippen LogP contribution in [0.1, 0.15) is 0 Å². The number of methoxy groups -OCH3 is 1. The minimum absolute atomic E-state index is 0.367. The smallest absolute Gasteiger partial charge is 0.236 e. The monoisotopic (exact) mass is 233 g/mol. The SMILES string of the molecule is COc1cccc2c1ccn2CC(N)C(N)=O. The summed E-state index contributed by atoms with van der Waals surface area (Å²) in [6.45, 7) is 0.367. The highest BCUT2D eigenvalue weighted by atomic mass is 16.5. The molecule has 17 heavy (non-hydrogen) atoms. The van der Waals surface area contributed by atoms with Gasteiger partial charge >= 0.3 is 0 Å². The van der Waals surface area contributed by atoms with Gasteiger partial charge in [-0.2, -0.15) is 0 Å². The van der Waals surface area contributed by atoms with Crippen LogP contribution in [0.2, 0.25) is 0 Å². The van der Waals surface area contributed by atoms with E-state index in [1.807, 2.05) is 35.0 Å². The molecule has 1 heterocycles. The molecule has 4 N–H and O–H groups in total. The molecule has 1 amide bonds. The maximum atomic E-state index is 10.9. The third-order valence-corrected chi connectivity index (χ3v) is 2.75. The molecule has 5 nitrogen and oxygen atoms in total. The second-order valence-electron chi connectivity index (χ2n) is 3.87. The minimum Gasteiger partial charge on any atom is -0.496 e. The lowest BCUT2D eigenvalue weighted by atomic mass is 10.2. The Morgan fingerprint density at radius 3 is 2.88 bits per heavy atom. The standard InChI is InChI=1S/C12H15N3O2/c1-17-11-4-2-3-10-8(11)5-6-15(10)7-9(13)12(14)16/h2-6,9H,7,13H2,1H3,(H2,14,16). The fourth-order valence-electron chi connectivity index (χ4n) is 1.83. The number of amides is 1. The highest BCUT2D eigenvalue weighted by Gasteiger charge is 2.12. The molecule has 1 unspecified atom stereocenters. The summed E-state index contributed by atoms with van der Waals surface area (Å²) < 4.78 is 7.15. The van der Waals surface area contributed by atoms with Crippen LogP contribution in [0.15, 0.2) is 30.5 Å². The number of primary amides is 1. The molecule has 0 fully saturated rings. The van der Waals surface area contributed by atoms with Crippen molar-refractivity contribution in [1.29, 1.82) is 0 Å². The van der Waals surface area contributed by atoms with Gasteiger partial charge in [-0.3, -0.25) is 4.79 Å². The van der Waals surface area contributed by atoms with Crippen molar-refractivity contribution in [3.8, 4) is 5.75 Å². The van der Waals surface area contributed by atoms with E-state index in [0.717, 1.165) is 16.7 Å². The average molecular weight is 233 g/mol. The molecule has 5 heteroatoms. The third kappa shape index (κ3) is 2.09. The van der Waals surface area contributed by atoms with Crippen LogP contribution < -0.4 is 16.2 Å². The van der Waals surface area contributed by atoms with Crippen LogP contribution in [0.3, 0.4) is 0 Å². The van der Waals surface area contributed by atoms with Gasteiger partial charge in [-0.25, -0.2) is 0 Å². The number of nitrogens with zero attached hydrogens (tertiary/aromatic N) is 1. The molecule has 0 aliphatic heterocycles. The van der Waals surface area contributed by atoms with E-state index in [1.54, 1.807) is 7.11 Å². The lowest BCUT2D eigenvalue weighted by Crippen LogP contribution is -2.39. The number of rotatable bonds is 4. The van der Waals surface area contributed by atoms with Crippen molar-refractivity contribution in [1.82, 2.24) is 4.57 Å². The first-order valence-corrected chi connectivity index (χ1v) is 5.30. The molecule has 0 bridgehead atoms. The first-order chi connectivity index (χ1) is 8.13. The number of nitrogens with two attached hydrogens (primary N) is 2. The van der Waals surface area contributed by atoms with Crippen molar-refractivity contribution in [3.05, 3.63) is 30.5 Å². The molecule has 90 valence electrons.